The van der Waals surface area contributed by atoms with E-state index in [0.717, 1.165) is 17.3 Å². The van der Waals surface area contributed by atoms with Crippen molar-refractivity contribution in [2.24, 2.45) is 11.8 Å². The number of hydrogen-bond acceptors (Lipinski definition) is 0. The first-order chi connectivity index (χ1) is 5.70. The van der Waals surface area contributed by atoms with Crippen molar-refractivity contribution in [2.45, 2.75) is 26.7 Å². The minimum absolute atomic E-state index is 0.658. The SMILES string of the molecule is C#CCC(CI)CC=CC(C)C. The highest BCUT2D eigenvalue weighted by Crippen LogP contribution is 2.12. The second kappa shape index (κ2) is 7.67. The standard InChI is InChI=1S/C11H17I/c1-4-6-11(9-12)8-5-7-10(2)3/h1,5,7,10-11H,6,8-9H2,2-3H3. The van der Waals surface area contributed by atoms with Gasteiger partial charge in [-0.3, -0.25) is 0 Å². The van der Waals surface area contributed by atoms with E-state index in [2.05, 4.69) is 54.5 Å². The van der Waals surface area contributed by atoms with Gasteiger partial charge in [0.2, 0.25) is 0 Å². The molecule has 0 N–H and O–H groups in total. The van der Waals surface area contributed by atoms with Gasteiger partial charge in [-0.05, 0) is 18.3 Å². The van der Waals surface area contributed by atoms with Crippen LogP contribution in [0, 0.1) is 24.2 Å². The smallest absolute Gasteiger partial charge is 0.0125 e. The molecule has 0 spiro atoms. The zero-order chi connectivity index (χ0) is 9.40. The molecule has 0 aromatic heterocycles. The number of halogens is 1. The molecule has 0 aromatic carbocycles. The van der Waals surface area contributed by atoms with Crippen LogP contribution >= 0.6 is 22.6 Å². The third-order valence-corrected chi connectivity index (χ3v) is 2.86. The van der Waals surface area contributed by atoms with Crippen LogP contribution in [0.1, 0.15) is 26.7 Å². The molecule has 0 heterocycles. The van der Waals surface area contributed by atoms with Crippen molar-refractivity contribution in [1.82, 2.24) is 0 Å². The third kappa shape index (κ3) is 6.72. The number of alkyl halides is 1. The van der Waals surface area contributed by atoms with E-state index in [1.165, 1.54) is 0 Å². The first kappa shape index (κ1) is 12.0. The molecule has 0 amide bonds. The van der Waals surface area contributed by atoms with E-state index in [1.54, 1.807) is 0 Å². The molecule has 0 aliphatic rings. The van der Waals surface area contributed by atoms with E-state index in [4.69, 9.17) is 6.42 Å². The van der Waals surface area contributed by atoms with E-state index in [1.807, 2.05) is 0 Å². The summed E-state index contributed by atoms with van der Waals surface area (Å²) in [5, 5.41) is 0. The van der Waals surface area contributed by atoms with E-state index >= 15 is 0 Å². The molecule has 0 rings (SSSR count). The number of hydrogen-bond donors (Lipinski definition) is 0. The fourth-order valence-corrected chi connectivity index (χ4v) is 1.58. The topological polar surface area (TPSA) is 0 Å². The van der Waals surface area contributed by atoms with Crippen molar-refractivity contribution in [3.8, 4) is 12.3 Å². The molecule has 1 heteroatoms. The lowest BCUT2D eigenvalue weighted by atomic mass is 10.0. The predicted molar refractivity (Wildman–Crippen MR) is 64.4 cm³/mol. The number of rotatable bonds is 5. The van der Waals surface area contributed by atoms with Gasteiger partial charge in [0.25, 0.3) is 0 Å². The molecule has 0 saturated carbocycles. The Morgan fingerprint density at radius 1 is 1.50 bits per heavy atom. The normalized spacial score (nSPS) is 13.6. The van der Waals surface area contributed by atoms with Gasteiger partial charge in [0.1, 0.15) is 0 Å². The Kier molecular flexibility index (Phi) is 7.69. The lowest BCUT2D eigenvalue weighted by Crippen LogP contribution is -1.98. The molecule has 1 unspecified atom stereocenters. The highest BCUT2D eigenvalue weighted by Gasteiger charge is 2.01. The quantitative estimate of drug-likeness (QED) is 0.311. The highest BCUT2D eigenvalue weighted by atomic mass is 127. The van der Waals surface area contributed by atoms with Crippen molar-refractivity contribution < 1.29 is 0 Å². The Balaban J connectivity index is 3.65. The molecule has 0 aliphatic heterocycles. The monoisotopic (exact) mass is 276 g/mol. The molecule has 0 fully saturated rings. The van der Waals surface area contributed by atoms with Crippen LogP contribution in [0.4, 0.5) is 0 Å². The molecular weight excluding hydrogens is 259 g/mol. The fraction of sp³-hybridized carbons (Fsp3) is 0.636. The minimum atomic E-state index is 0.658. The molecule has 1 atom stereocenters. The van der Waals surface area contributed by atoms with Gasteiger partial charge in [-0.1, -0.05) is 48.6 Å². The average molecular weight is 276 g/mol. The summed E-state index contributed by atoms with van der Waals surface area (Å²) >= 11 is 2.40. The van der Waals surface area contributed by atoms with Crippen molar-refractivity contribution in [3.05, 3.63) is 12.2 Å². The summed E-state index contributed by atoms with van der Waals surface area (Å²) in [7, 11) is 0. The first-order valence-corrected chi connectivity index (χ1v) is 5.89. The van der Waals surface area contributed by atoms with Crippen molar-refractivity contribution in [1.29, 1.82) is 0 Å². The molecular formula is C11H17I. The van der Waals surface area contributed by atoms with Gasteiger partial charge < -0.3 is 0 Å². The summed E-state index contributed by atoms with van der Waals surface area (Å²) in [6, 6.07) is 0. The highest BCUT2D eigenvalue weighted by molar-refractivity contribution is 14.1. The second-order valence-electron chi connectivity index (χ2n) is 3.34. The van der Waals surface area contributed by atoms with Gasteiger partial charge in [-0.2, -0.15) is 0 Å². The van der Waals surface area contributed by atoms with Crippen LogP contribution in [0.25, 0.3) is 0 Å². The molecule has 0 nitrogen and oxygen atoms in total. The fourth-order valence-electron chi connectivity index (χ4n) is 0.911. The van der Waals surface area contributed by atoms with Crippen molar-refractivity contribution >= 4 is 22.6 Å². The van der Waals surface area contributed by atoms with Crippen LogP contribution in [0.15, 0.2) is 12.2 Å². The average Bonchev–Trinajstić information content (AvgIpc) is 2.02. The summed E-state index contributed by atoms with van der Waals surface area (Å²) in [5.41, 5.74) is 0. The number of allylic oxidation sites excluding steroid dienone is 2. The zero-order valence-electron chi connectivity index (χ0n) is 7.89. The van der Waals surface area contributed by atoms with E-state index in [9.17, 15) is 0 Å². The maximum atomic E-state index is 5.26. The van der Waals surface area contributed by atoms with Gasteiger partial charge in [0.15, 0.2) is 0 Å². The Bertz CT molecular complexity index is 162. The summed E-state index contributed by atoms with van der Waals surface area (Å²) in [6.45, 7) is 4.38. The molecule has 0 radical (unpaired) electrons. The Morgan fingerprint density at radius 2 is 2.17 bits per heavy atom. The Labute approximate surface area is 90.0 Å². The largest absolute Gasteiger partial charge is 0.120 e. The predicted octanol–water partition coefficient (Wildman–Crippen LogP) is 3.66. The van der Waals surface area contributed by atoms with E-state index in [0.29, 0.717) is 11.8 Å². The van der Waals surface area contributed by atoms with Gasteiger partial charge in [0, 0.05) is 10.8 Å². The van der Waals surface area contributed by atoms with Crippen LogP contribution in [0.3, 0.4) is 0 Å². The zero-order valence-corrected chi connectivity index (χ0v) is 10.0. The summed E-state index contributed by atoms with van der Waals surface area (Å²) in [5.74, 6) is 4.05. The van der Waals surface area contributed by atoms with Crippen molar-refractivity contribution in [2.75, 3.05) is 4.43 Å². The van der Waals surface area contributed by atoms with Crippen LogP contribution < -0.4 is 0 Å². The summed E-state index contributed by atoms with van der Waals surface area (Å²) in [4.78, 5) is 0. The van der Waals surface area contributed by atoms with Gasteiger partial charge >= 0.3 is 0 Å². The molecule has 0 bridgehead atoms. The summed E-state index contributed by atoms with van der Waals surface area (Å²) in [6.07, 6.45) is 11.8. The van der Waals surface area contributed by atoms with Gasteiger partial charge in [-0.15, -0.1) is 12.3 Å². The van der Waals surface area contributed by atoms with E-state index < -0.39 is 0 Å². The minimum Gasteiger partial charge on any atom is -0.120 e. The van der Waals surface area contributed by atoms with Crippen LogP contribution in [0.5, 0.6) is 0 Å². The second-order valence-corrected chi connectivity index (χ2v) is 4.22. The van der Waals surface area contributed by atoms with Crippen molar-refractivity contribution in [3.63, 3.8) is 0 Å². The maximum absolute atomic E-state index is 5.26. The van der Waals surface area contributed by atoms with Crippen LogP contribution in [-0.2, 0) is 0 Å². The molecule has 0 aliphatic carbocycles. The third-order valence-electron chi connectivity index (χ3n) is 1.62. The Hall–Kier alpha value is 0.0300. The van der Waals surface area contributed by atoms with Gasteiger partial charge in [-0.25, -0.2) is 0 Å². The van der Waals surface area contributed by atoms with Crippen LogP contribution in [0.2, 0.25) is 0 Å². The van der Waals surface area contributed by atoms with E-state index in [-0.39, 0.29) is 0 Å². The summed E-state index contributed by atoms with van der Waals surface area (Å²) < 4.78 is 1.16. The maximum Gasteiger partial charge on any atom is 0.0125 e. The van der Waals surface area contributed by atoms with Gasteiger partial charge in [0.05, 0.1) is 0 Å². The molecule has 0 aromatic rings. The van der Waals surface area contributed by atoms with Crippen LogP contribution in [-0.4, -0.2) is 4.43 Å². The molecule has 0 saturated heterocycles. The lowest BCUT2D eigenvalue weighted by molar-refractivity contribution is 0.630. The Morgan fingerprint density at radius 3 is 2.58 bits per heavy atom. The number of terminal acetylenes is 1. The molecule has 68 valence electrons. The lowest BCUT2D eigenvalue weighted by Gasteiger charge is -2.06. The first-order valence-electron chi connectivity index (χ1n) is 4.36. The molecule has 12 heavy (non-hydrogen) atoms.